The summed E-state index contributed by atoms with van der Waals surface area (Å²) >= 11 is 0. The van der Waals surface area contributed by atoms with E-state index in [0.717, 1.165) is 23.0 Å². The molecule has 1 unspecified atom stereocenters. The highest BCUT2D eigenvalue weighted by atomic mass is 127. The number of rotatable bonds is 5. The molecular weight excluding hydrogens is 451 g/mol. The first-order chi connectivity index (χ1) is 11.8. The van der Waals surface area contributed by atoms with Gasteiger partial charge in [-0.15, -0.1) is 24.0 Å². The molecular formula is C18H26F2IN5. The van der Waals surface area contributed by atoms with E-state index >= 15 is 0 Å². The maximum Gasteiger partial charge on any atom is 0.192 e. The molecule has 0 fully saturated rings. The number of halogens is 3. The summed E-state index contributed by atoms with van der Waals surface area (Å²) in [5.74, 6) is -0.590. The molecule has 1 atom stereocenters. The van der Waals surface area contributed by atoms with Gasteiger partial charge in [0.05, 0.1) is 18.3 Å². The van der Waals surface area contributed by atoms with Crippen molar-refractivity contribution in [2.75, 3.05) is 6.54 Å². The zero-order chi connectivity index (χ0) is 18.6. The molecule has 0 bridgehead atoms. The fraction of sp³-hybridized carbons (Fsp3) is 0.444. The Hall–Kier alpha value is -1.71. The number of benzene rings is 1. The first-order valence-electron chi connectivity index (χ1n) is 8.32. The van der Waals surface area contributed by atoms with Crippen molar-refractivity contribution < 1.29 is 8.78 Å². The predicted molar refractivity (Wildman–Crippen MR) is 111 cm³/mol. The van der Waals surface area contributed by atoms with Gasteiger partial charge in [0, 0.05) is 36.5 Å². The fourth-order valence-corrected chi connectivity index (χ4v) is 2.66. The lowest BCUT2D eigenvalue weighted by atomic mass is 10.1. The van der Waals surface area contributed by atoms with Crippen molar-refractivity contribution in [1.29, 1.82) is 0 Å². The van der Waals surface area contributed by atoms with Crippen LogP contribution < -0.4 is 10.6 Å². The Kier molecular flexibility index (Phi) is 8.45. The summed E-state index contributed by atoms with van der Waals surface area (Å²) in [5.41, 5.74) is 3.47. The molecule has 0 radical (unpaired) electrons. The maximum atomic E-state index is 13.9. The number of nitrogens with one attached hydrogen (secondary N) is 2. The summed E-state index contributed by atoms with van der Waals surface area (Å²) in [7, 11) is 1.90. The maximum absolute atomic E-state index is 13.9. The Bertz CT molecular complexity index is 773. The van der Waals surface area contributed by atoms with Crippen LogP contribution >= 0.6 is 24.0 Å². The molecule has 0 spiro atoms. The Balaban J connectivity index is 0.00000338. The number of aryl methyl sites for hydroxylation is 2. The van der Waals surface area contributed by atoms with Gasteiger partial charge in [-0.05, 0) is 33.8 Å². The summed E-state index contributed by atoms with van der Waals surface area (Å²) in [4.78, 5) is 4.58. The smallest absolute Gasteiger partial charge is 0.192 e. The highest BCUT2D eigenvalue weighted by Crippen LogP contribution is 2.18. The van der Waals surface area contributed by atoms with Crippen molar-refractivity contribution in [3.05, 3.63) is 52.3 Å². The van der Waals surface area contributed by atoms with E-state index in [1.165, 1.54) is 12.1 Å². The molecule has 0 aliphatic heterocycles. The van der Waals surface area contributed by atoms with Gasteiger partial charge in [0.1, 0.15) is 11.6 Å². The van der Waals surface area contributed by atoms with E-state index in [1.807, 2.05) is 39.4 Å². The number of hydrogen-bond donors (Lipinski definition) is 2. The van der Waals surface area contributed by atoms with Crippen molar-refractivity contribution in [2.45, 2.75) is 40.3 Å². The van der Waals surface area contributed by atoms with Crippen LogP contribution in [0.25, 0.3) is 0 Å². The topological polar surface area (TPSA) is 54.2 Å². The van der Waals surface area contributed by atoms with Crippen LogP contribution in [0.4, 0.5) is 8.78 Å². The molecule has 0 saturated carbocycles. The second-order valence-electron chi connectivity index (χ2n) is 6.00. The average molecular weight is 477 g/mol. The third kappa shape index (κ3) is 5.39. The Morgan fingerprint density at radius 1 is 1.31 bits per heavy atom. The lowest BCUT2D eigenvalue weighted by Gasteiger charge is -2.18. The highest BCUT2D eigenvalue weighted by Gasteiger charge is 2.14. The van der Waals surface area contributed by atoms with Crippen LogP contribution in [-0.2, 0) is 13.6 Å². The van der Waals surface area contributed by atoms with E-state index in [2.05, 4.69) is 20.7 Å². The quantitative estimate of drug-likeness (QED) is 0.392. The lowest BCUT2D eigenvalue weighted by molar-refractivity contribution is 0.551. The first kappa shape index (κ1) is 22.3. The second-order valence-corrected chi connectivity index (χ2v) is 6.00. The number of aromatic nitrogens is 2. The van der Waals surface area contributed by atoms with Crippen LogP contribution in [0.5, 0.6) is 0 Å². The summed E-state index contributed by atoms with van der Waals surface area (Å²) in [5, 5.41) is 10.7. The minimum atomic E-state index is -0.587. The first-order valence-corrected chi connectivity index (χ1v) is 8.32. The summed E-state index contributed by atoms with van der Waals surface area (Å²) < 4.78 is 28.9. The highest BCUT2D eigenvalue weighted by molar-refractivity contribution is 14.0. The van der Waals surface area contributed by atoms with E-state index in [9.17, 15) is 8.78 Å². The van der Waals surface area contributed by atoms with Gasteiger partial charge in [-0.1, -0.05) is 6.07 Å². The molecule has 144 valence electrons. The minimum Gasteiger partial charge on any atom is -0.357 e. The third-order valence-electron chi connectivity index (χ3n) is 4.18. The van der Waals surface area contributed by atoms with Crippen molar-refractivity contribution in [1.82, 2.24) is 20.4 Å². The van der Waals surface area contributed by atoms with Gasteiger partial charge in [-0.25, -0.2) is 13.8 Å². The van der Waals surface area contributed by atoms with Crippen molar-refractivity contribution in [3.8, 4) is 0 Å². The van der Waals surface area contributed by atoms with Crippen LogP contribution in [0.2, 0.25) is 0 Å². The zero-order valence-corrected chi connectivity index (χ0v) is 18.1. The Morgan fingerprint density at radius 2 is 2.00 bits per heavy atom. The van der Waals surface area contributed by atoms with Crippen LogP contribution in [0.3, 0.4) is 0 Å². The van der Waals surface area contributed by atoms with Gasteiger partial charge in [-0.2, -0.15) is 5.10 Å². The monoisotopic (exact) mass is 477 g/mol. The van der Waals surface area contributed by atoms with Crippen molar-refractivity contribution in [3.63, 3.8) is 0 Å². The molecule has 8 heteroatoms. The van der Waals surface area contributed by atoms with Gasteiger partial charge in [0.25, 0.3) is 0 Å². The molecule has 0 amide bonds. The summed E-state index contributed by atoms with van der Waals surface area (Å²) in [6, 6.07) is 3.24. The standard InChI is InChI=1S/C18H25F2N5.HI/c1-6-21-18(22-10-16-12(3)24-25(5)13(16)4)23-11(2)15-8-7-14(19)9-17(15)20;/h7-9,11H,6,10H2,1-5H3,(H2,21,22,23);1H. The molecule has 26 heavy (non-hydrogen) atoms. The molecule has 0 aliphatic rings. The van der Waals surface area contributed by atoms with Crippen LogP contribution in [0.15, 0.2) is 23.2 Å². The normalized spacial score (nSPS) is 12.5. The largest absolute Gasteiger partial charge is 0.357 e. The molecule has 2 N–H and O–H groups in total. The van der Waals surface area contributed by atoms with Crippen molar-refractivity contribution >= 4 is 29.9 Å². The minimum absolute atomic E-state index is 0. The van der Waals surface area contributed by atoms with Gasteiger partial charge in [0.2, 0.25) is 0 Å². The molecule has 1 aromatic heterocycles. The van der Waals surface area contributed by atoms with Crippen LogP contribution in [0.1, 0.15) is 42.4 Å². The molecule has 0 aliphatic carbocycles. The number of aliphatic imine (C=N–C) groups is 1. The van der Waals surface area contributed by atoms with E-state index in [0.29, 0.717) is 24.6 Å². The van der Waals surface area contributed by atoms with E-state index < -0.39 is 11.6 Å². The van der Waals surface area contributed by atoms with Crippen LogP contribution in [-0.4, -0.2) is 22.3 Å². The van der Waals surface area contributed by atoms with Gasteiger partial charge < -0.3 is 10.6 Å². The molecule has 2 aromatic rings. The number of guanidine groups is 1. The molecule has 1 aromatic carbocycles. The van der Waals surface area contributed by atoms with Crippen LogP contribution in [0, 0.1) is 25.5 Å². The second kappa shape index (κ2) is 9.84. The van der Waals surface area contributed by atoms with Crippen molar-refractivity contribution in [2.24, 2.45) is 12.0 Å². The number of nitrogens with zero attached hydrogens (tertiary/aromatic N) is 3. The zero-order valence-electron chi connectivity index (χ0n) is 15.7. The van der Waals surface area contributed by atoms with Gasteiger partial charge >= 0.3 is 0 Å². The fourth-order valence-electron chi connectivity index (χ4n) is 2.66. The molecule has 2 rings (SSSR count). The van der Waals surface area contributed by atoms with Gasteiger partial charge in [0.15, 0.2) is 5.96 Å². The molecule has 1 heterocycles. The van der Waals surface area contributed by atoms with E-state index in [1.54, 1.807) is 0 Å². The number of hydrogen-bond acceptors (Lipinski definition) is 2. The third-order valence-corrected chi connectivity index (χ3v) is 4.18. The Morgan fingerprint density at radius 3 is 2.54 bits per heavy atom. The van der Waals surface area contributed by atoms with Gasteiger partial charge in [-0.3, -0.25) is 4.68 Å². The Labute approximate surface area is 170 Å². The SMILES string of the molecule is CCNC(=NCc1c(C)nn(C)c1C)NC(C)c1ccc(F)cc1F.I. The van der Waals surface area contributed by atoms with E-state index in [-0.39, 0.29) is 30.0 Å². The summed E-state index contributed by atoms with van der Waals surface area (Å²) in [6.45, 7) is 8.87. The summed E-state index contributed by atoms with van der Waals surface area (Å²) in [6.07, 6.45) is 0. The predicted octanol–water partition coefficient (Wildman–Crippen LogP) is 3.75. The lowest BCUT2D eigenvalue weighted by Crippen LogP contribution is -2.39. The average Bonchev–Trinajstić information content (AvgIpc) is 2.78. The molecule has 5 nitrogen and oxygen atoms in total. The van der Waals surface area contributed by atoms with E-state index in [4.69, 9.17) is 0 Å². The molecule has 0 saturated heterocycles.